The molecule has 8 nitrogen and oxygen atoms in total. The highest BCUT2D eigenvalue weighted by Crippen LogP contribution is 2.38. The van der Waals surface area contributed by atoms with E-state index in [-0.39, 0.29) is 12.2 Å². The first-order valence-corrected chi connectivity index (χ1v) is 7.83. The fourth-order valence-electron chi connectivity index (χ4n) is 2.47. The maximum Gasteiger partial charge on any atom is 0.203 e. The number of tetrazole rings is 1. The molecule has 2 aromatic carbocycles. The van der Waals surface area contributed by atoms with Crippen LogP contribution in [0.15, 0.2) is 42.5 Å². The molecule has 8 heteroatoms. The van der Waals surface area contributed by atoms with Crippen molar-refractivity contribution in [3.8, 4) is 22.9 Å². The molecule has 3 rings (SSSR count). The molecule has 0 atom stereocenters. The zero-order chi connectivity index (χ0) is 18.5. The number of rotatable bonds is 7. The number of para-hydroxylation sites is 1. The molecule has 3 aromatic rings. The second-order valence-corrected chi connectivity index (χ2v) is 5.34. The number of hydrogen-bond acceptors (Lipinski definition) is 7. The summed E-state index contributed by atoms with van der Waals surface area (Å²) in [4.78, 5) is 14.0. The van der Waals surface area contributed by atoms with E-state index in [4.69, 9.17) is 14.2 Å². The first-order valence-electron chi connectivity index (χ1n) is 7.83. The van der Waals surface area contributed by atoms with Gasteiger partial charge in [0.05, 0.1) is 33.4 Å². The van der Waals surface area contributed by atoms with Crippen molar-refractivity contribution in [3.05, 3.63) is 53.9 Å². The lowest BCUT2D eigenvalue weighted by molar-refractivity contribution is 0.0990. The van der Waals surface area contributed by atoms with E-state index < -0.39 is 0 Å². The van der Waals surface area contributed by atoms with Crippen LogP contribution in [0.5, 0.6) is 17.2 Å². The normalized spacial score (nSPS) is 10.4. The SMILES string of the molecule is COc1cc(C(=O)Cc2nnn(-c3ccccc3)n2)cc(OC)c1OC. The quantitative estimate of drug-likeness (QED) is 0.600. The zero-order valence-corrected chi connectivity index (χ0v) is 14.7. The second kappa shape index (κ2) is 7.64. The summed E-state index contributed by atoms with van der Waals surface area (Å²) in [6, 6.07) is 12.6. The topological polar surface area (TPSA) is 88.4 Å². The standard InChI is InChI=1S/C18H18N4O4/c1-24-15-9-12(10-16(25-2)18(15)26-3)14(23)11-17-19-21-22(20-17)13-7-5-4-6-8-13/h4-10H,11H2,1-3H3. The lowest BCUT2D eigenvalue weighted by Crippen LogP contribution is -2.07. The zero-order valence-electron chi connectivity index (χ0n) is 14.7. The molecule has 0 amide bonds. The van der Waals surface area contributed by atoms with Crippen LogP contribution in [-0.2, 0) is 6.42 Å². The van der Waals surface area contributed by atoms with Crippen LogP contribution >= 0.6 is 0 Å². The number of hydrogen-bond donors (Lipinski definition) is 0. The van der Waals surface area contributed by atoms with Crippen molar-refractivity contribution >= 4 is 5.78 Å². The predicted octanol–water partition coefficient (Wildman–Crippen LogP) is 2.11. The Kier molecular flexibility index (Phi) is 5.12. The van der Waals surface area contributed by atoms with Crippen molar-refractivity contribution < 1.29 is 19.0 Å². The fraction of sp³-hybridized carbons (Fsp3) is 0.222. The van der Waals surface area contributed by atoms with Gasteiger partial charge in [-0.15, -0.1) is 15.0 Å². The van der Waals surface area contributed by atoms with Gasteiger partial charge in [-0.25, -0.2) is 0 Å². The number of carbonyl (C=O) groups excluding carboxylic acids is 1. The van der Waals surface area contributed by atoms with Gasteiger partial charge in [0.1, 0.15) is 0 Å². The monoisotopic (exact) mass is 354 g/mol. The van der Waals surface area contributed by atoms with Crippen molar-refractivity contribution in [1.82, 2.24) is 20.2 Å². The van der Waals surface area contributed by atoms with Crippen molar-refractivity contribution in [1.29, 1.82) is 0 Å². The van der Waals surface area contributed by atoms with Crippen LogP contribution in [0.2, 0.25) is 0 Å². The van der Waals surface area contributed by atoms with Crippen molar-refractivity contribution in [2.45, 2.75) is 6.42 Å². The smallest absolute Gasteiger partial charge is 0.203 e. The molecular weight excluding hydrogens is 336 g/mol. The summed E-state index contributed by atoms with van der Waals surface area (Å²) < 4.78 is 15.8. The third kappa shape index (κ3) is 3.49. The van der Waals surface area contributed by atoms with Crippen molar-refractivity contribution in [2.24, 2.45) is 0 Å². The van der Waals surface area contributed by atoms with Gasteiger partial charge in [0, 0.05) is 5.56 Å². The lowest BCUT2D eigenvalue weighted by atomic mass is 10.1. The van der Waals surface area contributed by atoms with Gasteiger partial charge in [-0.05, 0) is 29.5 Å². The molecule has 0 aliphatic rings. The molecule has 0 aliphatic carbocycles. The van der Waals surface area contributed by atoms with Gasteiger partial charge < -0.3 is 14.2 Å². The van der Waals surface area contributed by atoms with Gasteiger partial charge in [-0.2, -0.15) is 0 Å². The molecule has 1 aromatic heterocycles. The summed E-state index contributed by atoms with van der Waals surface area (Å²) in [5, 5.41) is 12.2. The third-order valence-corrected chi connectivity index (χ3v) is 3.75. The number of ketones is 1. The summed E-state index contributed by atoms with van der Waals surface area (Å²) >= 11 is 0. The minimum atomic E-state index is -0.183. The molecule has 0 saturated heterocycles. The van der Waals surface area contributed by atoms with E-state index in [1.807, 2.05) is 30.3 Å². The van der Waals surface area contributed by atoms with E-state index in [9.17, 15) is 4.79 Å². The number of aromatic nitrogens is 4. The molecule has 0 aliphatic heterocycles. The van der Waals surface area contributed by atoms with Gasteiger partial charge >= 0.3 is 0 Å². The summed E-state index contributed by atoms with van der Waals surface area (Å²) in [7, 11) is 4.50. The molecule has 26 heavy (non-hydrogen) atoms. The number of ether oxygens (including phenoxy) is 3. The van der Waals surface area contributed by atoms with Crippen LogP contribution in [0.3, 0.4) is 0 Å². The van der Waals surface area contributed by atoms with Gasteiger partial charge in [0.2, 0.25) is 5.75 Å². The predicted molar refractivity (Wildman–Crippen MR) is 93.3 cm³/mol. The first kappa shape index (κ1) is 17.4. The van der Waals surface area contributed by atoms with Crippen LogP contribution < -0.4 is 14.2 Å². The van der Waals surface area contributed by atoms with Crippen LogP contribution in [0.4, 0.5) is 0 Å². The van der Waals surface area contributed by atoms with E-state index in [0.717, 1.165) is 5.69 Å². The van der Waals surface area contributed by atoms with Crippen LogP contribution in [-0.4, -0.2) is 47.3 Å². The molecule has 0 N–H and O–H groups in total. The number of benzene rings is 2. The highest BCUT2D eigenvalue weighted by atomic mass is 16.5. The van der Waals surface area contributed by atoms with Gasteiger partial charge in [-0.3, -0.25) is 4.79 Å². The molecule has 0 saturated carbocycles. The Morgan fingerprint density at radius 3 is 2.23 bits per heavy atom. The maximum absolute atomic E-state index is 12.6. The highest BCUT2D eigenvalue weighted by molar-refractivity contribution is 5.98. The van der Waals surface area contributed by atoms with Crippen LogP contribution in [0.25, 0.3) is 5.69 Å². The lowest BCUT2D eigenvalue weighted by Gasteiger charge is -2.13. The molecule has 0 unspecified atom stereocenters. The van der Waals surface area contributed by atoms with Crippen molar-refractivity contribution in [3.63, 3.8) is 0 Å². The van der Waals surface area contributed by atoms with Gasteiger partial charge in [0.25, 0.3) is 0 Å². The Bertz CT molecular complexity index is 884. The van der Waals surface area contributed by atoms with E-state index in [1.54, 1.807) is 12.1 Å². The first-order chi connectivity index (χ1) is 12.7. The average Bonchev–Trinajstić information content (AvgIpc) is 3.15. The van der Waals surface area contributed by atoms with Crippen LogP contribution in [0, 0.1) is 0 Å². The van der Waals surface area contributed by atoms with E-state index in [0.29, 0.717) is 28.6 Å². The molecule has 0 spiro atoms. The minimum Gasteiger partial charge on any atom is -0.493 e. The molecule has 1 heterocycles. The third-order valence-electron chi connectivity index (χ3n) is 3.75. The van der Waals surface area contributed by atoms with Crippen LogP contribution in [0.1, 0.15) is 16.2 Å². The number of carbonyl (C=O) groups is 1. The fourth-order valence-corrected chi connectivity index (χ4v) is 2.47. The molecule has 0 fully saturated rings. The summed E-state index contributed by atoms with van der Waals surface area (Å²) in [5.74, 6) is 1.40. The molecule has 134 valence electrons. The summed E-state index contributed by atoms with van der Waals surface area (Å²) in [5.41, 5.74) is 1.18. The Morgan fingerprint density at radius 1 is 1.00 bits per heavy atom. The average molecular weight is 354 g/mol. The van der Waals surface area contributed by atoms with E-state index in [2.05, 4.69) is 15.4 Å². The second-order valence-electron chi connectivity index (χ2n) is 5.34. The molecule has 0 radical (unpaired) electrons. The van der Waals surface area contributed by atoms with E-state index in [1.165, 1.54) is 26.1 Å². The largest absolute Gasteiger partial charge is 0.493 e. The van der Waals surface area contributed by atoms with Gasteiger partial charge in [0.15, 0.2) is 23.1 Å². The summed E-state index contributed by atoms with van der Waals surface area (Å²) in [6.45, 7) is 0. The Hall–Kier alpha value is -3.42. The summed E-state index contributed by atoms with van der Waals surface area (Å²) in [6.07, 6.45) is 0.00543. The molecule has 0 bridgehead atoms. The Labute approximate surface area is 150 Å². The highest BCUT2D eigenvalue weighted by Gasteiger charge is 2.18. The maximum atomic E-state index is 12.6. The van der Waals surface area contributed by atoms with Gasteiger partial charge in [-0.1, -0.05) is 18.2 Å². The van der Waals surface area contributed by atoms with Crippen molar-refractivity contribution in [2.75, 3.05) is 21.3 Å². The van der Waals surface area contributed by atoms with E-state index >= 15 is 0 Å². The Balaban J connectivity index is 1.83. The number of Topliss-reactive ketones (excluding diaryl/α,β-unsaturated/α-hetero) is 1. The Morgan fingerprint density at radius 2 is 1.65 bits per heavy atom. The number of methoxy groups -OCH3 is 3. The molecular formula is C18H18N4O4. The number of nitrogens with zero attached hydrogens (tertiary/aromatic N) is 4. The minimum absolute atomic E-state index is 0.00543.